The van der Waals surface area contributed by atoms with E-state index in [1.165, 1.54) is 6.08 Å². The number of cyclic esters (lactones) is 1. The van der Waals surface area contributed by atoms with Gasteiger partial charge < -0.3 is 4.74 Å². The van der Waals surface area contributed by atoms with Crippen LogP contribution in [-0.4, -0.2) is 11.8 Å². The Labute approximate surface area is 120 Å². The molecule has 0 unspecified atom stereocenters. The number of carbonyl (C=O) groups is 2. The van der Waals surface area contributed by atoms with Crippen molar-refractivity contribution in [3.8, 4) is 0 Å². The first-order valence-electron chi connectivity index (χ1n) is 5.99. The quantitative estimate of drug-likeness (QED) is 0.479. The first-order valence-corrected chi connectivity index (χ1v) is 6.37. The highest BCUT2D eigenvalue weighted by Gasteiger charge is 2.29. The van der Waals surface area contributed by atoms with Gasteiger partial charge in [0.15, 0.2) is 5.78 Å². The number of allylic oxidation sites excluding steroid dienone is 1. The van der Waals surface area contributed by atoms with Crippen LogP contribution in [0.5, 0.6) is 0 Å². The summed E-state index contributed by atoms with van der Waals surface area (Å²) in [5, 5.41) is 0.322. The van der Waals surface area contributed by atoms with Gasteiger partial charge in [0.1, 0.15) is 5.76 Å². The first-order chi connectivity index (χ1) is 9.66. The van der Waals surface area contributed by atoms with Crippen molar-refractivity contribution in [3.63, 3.8) is 0 Å². The molecule has 0 saturated carbocycles. The minimum absolute atomic E-state index is 0.221. The summed E-state index contributed by atoms with van der Waals surface area (Å²) in [6.07, 6.45) is 1.31. The Morgan fingerprint density at radius 3 is 2.55 bits per heavy atom. The molecular formula is C16H9ClO3. The first kappa shape index (κ1) is 12.6. The van der Waals surface area contributed by atoms with Crippen LogP contribution in [0.25, 0.3) is 5.76 Å². The highest BCUT2D eigenvalue weighted by molar-refractivity contribution is 6.34. The van der Waals surface area contributed by atoms with E-state index in [9.17, 15) is 9.59 Å². The topological polar surface area (TPSA) is 43.4 Å². The molecule has 3 nitrogen and oxygen atoms in total. The lowest BCUT2D eigenvalue weighted by molar-refractivity contribution is 0.0715. The molecule has 0 aliphatic carbocycles. The summed E-state index contributed by atoms with van der Waals surface area (Å²) < 4.78 is 5.12. The predicted molar refractivity (Wildman–Crippen MR) is 75.6 cm³/mol. The number of rotatable bonds is 2. The van der Waals surface area contributed by atoms with Crippen molar-refractivity contribution < 1.29 is 14.3 Å². The number of benzene rings is 2. The van der Waals surface area contributed by atoms with Gasteiger partial charge in [-0.3, -0.25) is 4.79 Å². The number of halogens is 1. The van der Waals surface area contributed by atoms with E-state index in [0.29, 0.717) is 21.7 Å². The fourth-order valence-corrected chi connectivity index (χ4v) is 2.31. The van der Waals surface area contributed by atoms with Crippen molar-refractivity contribution in [1.82, 2.24) is 0 Å². The van der Waals surface area contributed by atoms with E-state index in [2.05, 4.69) is 0 Å². The zero-order chi connectivity index (χ0) is 14.1. The predicted octanol–water partition coefficient (Wildman–Crippen LogP) is 3.73. The molecule has 0 saturated heterocycles. The van der Waals surface area contributed by atoms with Gasteiger partial charge in [0, 0.05) is 17.2 Å². The molecule has 3 rings (SSSR count). The summed E-state index contributed by atoms with van der Waals surface area (Å²) in [6, 6.07) is 13.8. The zero-order valence-electron chi connectivity index (χ0n) is 10.3. The Hall–Kier alpha value is -2.39. The monoisotopic (exact) mass is 284 g/mol. The molecule has 20 heavy (non-hydrogen) atoms. The summed E-state index contributed by atoms with van der Waals surface area (Å²) in [5.74, 6) is -0.514. The molecule has 98 valence electrons. The maximum absolute atomic E-state index is 12.1. The second-order valence-corrected chi connectivity index (χ2v) is 4.70. The highest BCUT2D eigenvalue weighted by atomic mass is 35.5. The minimum Gasteiger partial charge on any atom is -0.422 e. The molecule has 1 aliphatic heterocycles. The molecule has 0 N–H and O–H groups in total. The number of esters is 1. The maximum Gasteiger partial charge on any atom is 0.345 e. The van der Waals surface area contributed by atoms with Crippen molar-refractivity contribution in [2.75, 3.05) is 0 Å². The third-order valence-electron chi connectivity index (χ3n) is 3.01. The third kappa shape index (κ3) is 2.12. The summed E-state index contributed by atoms with van der Waals surface area (Å²) >= 11 is 5.97. The van der Waals surface area contributed by atoms with Crippen LogP contribution in [0.15, 0.2) is 54.6 Å². The van der Waals surface area contributed by atoms with Gasteiger partial charge in [0.05, 0.1) is 10.6 Å². The fourth-order valence-electron chi connectivity index (χ4n) is 2.05. The number of ether oxygens (including phenoxy) is 1. The molecule has 0 bridgehead atoms. The van der Waals surface area contributed by atoms with Gasteiger partial charge >= 0.3 is 5.97 Å². The SMILES string of the molecule is O=C(C=C1OC(=O)c2c(Cl)cccc21)c1ccccc1. The van der Waals surface area contributed by atoms with Gasteiger partial charge in [0.2, 0.25) is 0 Å². The van der Waals surface area contributed by atoms with Crippen LogP contribution < -0.4 is 0 Å². The Bertz CT molecular complexity index is 733. The van der Waals surface area contributed by atoms with Crippen molar-refractivity contribution in [1.29, 1.82) is 0 Å². The Morgan fingerprint density at radius 2 is 1.80 bits per heavy atom. The summed E-state index contributed by atoms with van der Waals surface area (Å²) in [5.41, 5.74) is 1.39. The van der Waals surface area contributed by atoms with E-state index in [4.69, 9.17) is 16.3 Å². The summed E-state index contributed by atoms with van der Waals surface area (Å²) in [7, 11) is 0. The lowest BCUT2D eigenvalue weighted by Gasteiger charge is -1.99. The lowest BCUT2D eigenvalue weighted by Crippen LogP contribution is -1.96. The van der Waals surface area contributed by atoms with E-state index in [1.54, 1.807) is 42.5 Å². The minimum atomic E-state index is -0.530. The van der Waals surface area contributed by atoms with Crippen molar-refractivity contribution in [3.05, 3.63) is 76.3 Å². The van der Waals surface area contributed by atoms with Crippen LogP contribution in [0.3, 0.4) is 0 Å². The molecule has 2 aromatic rings. The highest BCUT2D eigenvalue weighted by Crippen LogP contribution is 2.34. The van der Waals surface area contributed by atoms with E-state index in [-0.39, 0.29) is 11.5 Å². The molecule has 2 aromatic carbocycles. The van der Waals surface area contributed by atoms with Gasteiger partial charge in [-0.1, -0.05) is 54.1 Å². The Kier molecular flexibility index (Phi) is 3.12. The molecule has 1 heterocycles. The van der Waals surface area contributed by atoms with Gasteiger partial charge in [0.25, 0.3) is 0 Å². The van der Waals surface area contributed by atoms with Gasteiger partial charge in [-0.05, 0) is 6.07 Å². The van der Waals surface area contributed by atoms with E-state index in [1.807, 2.05) is 6.07 Å². The maximum atomic E-state index is 12.1. The smallest absolute Gasteiger partial charge is 0.345 e. The molecule has 0 fully saturated rings. The molecule has 0 radical (unpaired) electrons. The Morgan fingerprint density at radius 1 is 1.05 bits per heavy atom. The van der Waals surface area contributed by atoms with E-state index in [0.717, 1.165) is 0 Å². The number of carbonyl (C=O) groups excluding carboxylic acids is 2. The number of hydrogen-bond acceptors (Lipinski definition) is 3. The molecular weight excluding hydrogens is 276 g/mol. The molecule has 0 amide bonds. The van der Waals surface area contributed by atoms with Gasteiger partial charge in [-0.25, -0.2) is 4.79 Å². The number of hydrogen-bond donors (Lipinski definition) is 0. The standard InChI is InChI=1S/C16H9ClO3/c17-12-8-4-7-11-14(20-16(19)15(11)12)9-13(18)10-5-2-1-3-6-10/h1-9H. The molecule has 4 heteroatoms. The number of fused-ring (bicyclic) bond motifs is 1. The van der Waals surface area contributed by atoms with Crippen LogP contribution in [0.2, 0.25) is 5.02 Å². The zero-order valence-corrected chi connectivity index (χ0v) is 11.1. The van der Waals surface area contributed by atoms with E-state index >= 15 is 0 Å². The second-order valence-electron chi connectivity index (χ2n) is 4.29. The summed E-state index contributed by atoms with van der Waals surface area (Å²) in [6.45, 7) is 0. The van der Waals surface area contributed by atoms with Crippen LogP contribution in [0.1, 0.15) is 26.3 Å². The van der Waals surface area contributed by atoms with Crippen LogP contribution in [0, 0.1) is 0 Å². The van der Waals surface area contributed by atoms with Crippen LogP contribution in [0.4, 0.5) is 0 Å². The second kappa shape index (κ2) is 4.94. The Balaban J connectivity index is 2.02. The molecule has 1 aliphatic rings. The van der Waals surface area contributed by atoms with Gasteiger partial charge in [-0.2, -0.15) is 0 Å². The normalized spacial score (nSPS) is 15.1. The van der Waals surface area contributed by atoms with Crippen molar-refractivity contribution >= 4 is 29.1 Å². The molecule has 0 spiro atoms. The number of ketones is 1. The third-order valence-corrected chi connectivity index (χ3v) is 3.32. The molecule has 0 aromatic heterocycles. The van der Waals surface area contributed by atoms with Gasteiger partial charge in [-0.15, -0.1) is 0 Å². The van der Waals surface area contributed by atoms with Crippen molar-refractivity contribution in [2.24, 2.45) is 0 Å². The lowest BCUT2D eigenvalue weighted by atomic mass is 10.1. The average Bonchev–Trinajstić information content (AvgIpc) is 2.77. The average molecular weight is 285 g/mol. The fraction of sp³-hybridized carbons (Fsp3) is 0. The summed E-state index contributed by atoms with van der Waals surface area (Å²) in [4.78, 5) is 23.9. The largest absolute Gasteiger partial charge is 0.422 e. The van der Waals surface area contributed by atoms with Crippen molar-refractivity contribution in [2.45, 2.75) is 0 Å². The van der Waals surface area contributed by atoms with E-state index < -0.39 is 5.97 Å². The van der Waals surface area contributed by atoms with Crippen LogP contribution in [-0.2, 0) is 4.74 Å². The van der Waals surface area contributed by atoms with Crippen LogP contribution >= 0.6 is 11.6 Å². The molecule has 0 atom stereocenters.